The number of hydrogen-bond acceptors (Lipinski definition) is 2. The van der Waals surface area contributed by atoms with Crippen LogP contribution in [0.3, 0.4) is 0 Å². The van der Waals surface area contributed by atoms with Gasteiger partial charge in [-0.2, -0.15) is 26.3 Å². The molecule has 0 spiro atoms. The molecule has 2 nitrogen and oxygen atoms in total. The maximum absolute atomic E-state index is 12.7. The summed E-state index contributed by atoms with van der Waals surface area (Å²) < 4.78 is 81.2. The van der Waals surface area contributed by atoms with Crippen molar-refractivity contribution in [3.05, 3.63) is 29.8 Å². The molecular weight excluding hydrogens is 288 g/mol. The highest BCUT2D eigenvalue weighted by molar-refractivity contribution is 5.31. The summed E-state index contributed by atoms with van der Waals surface area (Å²) in [6, 6.07) is 3.17. The largest absolute Gasteiger partial charge is 0.497 e. The van der Waals surface area contributed by atoms with Crippen molar-refractivity contribution in [2.45, 2.75) is 18.4 Å². The lowest BCUT2D eigenvalue weighted by atomic mass is 9.91. The third-order valence-electron chi connectivity index (χ3n) is 2.80. The Labute approximate surface area is 111 Å². The summed E-state index contributed by atoms with van der Waals surface area (Å²) in [6.07, 6.45) is -10.8. The molecule has 0 aliphatic heterocycles. The Morgan fingerprint density at radius 3 is 2.00 bits per heavy atom. The molecule has 114 valence electrons. The minimum Gasteiger partial charge on any atom is -0.497 e. The lowest BCUT2D eigenvalue weighted by molar-refractivity contribution is -0.292. The molecule has 0 radical (unpaired) electrons. The Morgan fingerprint density at radius 2 is 1.60 bits per heavy atom. The molecule has 0 heterocycles. The van der Waals surface area contributed by atoms with Gasteiger partial charge in [0.2, 0.25) is 0 Å². The van der Waals surface area contributed by atoms with E-state index in [9.17, 15) is 26.3 Å². The topological polar surface area (TPSA) is 21.3 Å². The van der Waals surface area contributed by atoms with Crippen LogP contribution in [-0.4, -0.2) is 26.5 Å². The maximum atomic E-state index is 12.7. The van der Waals surface area contributed by atoms with E-state index in [2.05, 4.69) is 5.32 Å². The third kappa shape index (κ3) is 3.78. The van der Waals surface area contributed by atoms with E-state index in [1.807, 2.05) is 0 Å². The number of ether oxygens (including phenoxy) is 1. The molecule has 1 unspecified atom stereocenters. The van der Waals surface area contributed by atoms with Gasteiger partial charge >= 0.3 is 12.4 Å². The first-order valence-corrected chi connectivity index (χ1v) is 5.56. The zero-order valence-electron chi connectivity index (χ0n) is 10.6. The molecule has 0 saturated heterocycles. The van der Waals surface area contributed by atoms with Crippen LogP contribution in [0.15, 0.2) is 24.3 Å². The molecule has 20 heavy (non-hydrogen) atoms. The zero-order valence-corrected chi connectivity index (χ0v) is 10.6. The monoisotopic (exact) mass is 301 g/mol. The minimum absolute atomic E-state index is 0.147. The van der Waals surface area contributed by atoms with E-state index in [1.165, 1.54) is 25.3 Å². The van der Waals surface area contributed by atoms with Crippen LogP contribution in [0.2, 0.25) is 0 Å². The van der Waals surface area contributed by atoms with Crippen molar-refractivity contribution in [1.29, 1.82) is 0 Å². The first-order chi connectivity index (χ1) is 9.11. The van der Waals surface area contributed by atoms with Gasteiger partial charge < -0.3 is 10.1 Å². The average Bonchev–Trinajstić information content (AvgIpc) is 2.32. The summed E-state index contributed by atoms with van der Waals surface area (Å²) in [5.74, 6) is -3.31. The van der Waals surface area contributed by atoms with Gasteiger partial charge in [0.1, 0.15) is 5.75 Å². The van der Waals surface area contributed by atoms with Crippen molar-refractivity contribution in [2.24, 2.45) is 5.92 Å². The van der Waals surface area contributed by atoms with E-state index in [1.54, 1.807) is 0 Å². The Kier molecular flexibility index (Phi) is 4.90. The second-order valence-electron chi connectivity index (χ2n) is 4.10. The van der Waals surface area contributed by atoms with E-state index in [-0.39, 0.29) is 11.3 Å². The predicted molar refractivity (Wildman–Crippen MR) is 60.4 cm³/mol. The van der Waals surface area contributed by atoms with Crippen molar-refractivity contribution >= 4 is 0 Å². The maximum Gasteiger partial charge on any atom is 0.402 e. The van der Waals surface area contributed by atoms with Crippen LogP contribution in [0.4, 0.5) is 26.3 Å². The van der Waals surface area contributed by atoms with Gasteiger partial charge in [-0.05, 0) is 24.7 Å². The Balaban J connectivity index is 3.26. The molecule has 0 amide bonds. The van der Waals surface area contributed by atoms with Crippen LogP contribution in [0, 0.1) is 5.92 Å². The minimum atomic E-state index is -5.41. The van der Waals surface area contributed by atoms with Gasteiger partial charge in [-0.25, -0.2) is 0 Å². The number of alkyl halides is 6. The number of rotatable bonds is 4. The summed E-state index contributed by atoms with van der Waals surface area (Å²) in [4.78, 5) is 0. The molecule has 0 fully saturated rings. The lowest BCUT2D eigenvalue weighted by Crippen LogP contribution is -2.45. The molecule has 1 atom stereocenters. The second kappa shape index (κ2) is 5.90. The highest BCUT2D eigenvalue weighted by Gasteiger charge is 2.60. The van der Waals surface area contributed by atoms with E-state index in [4.69, 9.17) is 4.74 Å². The predicted octanol–water partition coefficient (Wildman–Crippen LogP) is 3.70. The van der Waals surface area contributed by atoms with Crippen molar-refractivity contribution in [1.82, 2.24) is 5.32 Å². The number of hydrogen-bond donors (Lipinski definition) is 1. The van der Waals surface area contributed by atoms with Crippen molar-refractivity contribution in [3.63, 3.8) is 0 Å². The SMILES string of the molecule is CNC(c1cccc(OC)c1)C(C(F)(F)F)C(F)(F)F. The molecule has 0 aromatic heterocycles. The molecule has 1 aromatic rings. The van der Waals surface area contributed by atoms with Crippen LogP contribution in [0.1, 0.15) is 11.6 Å². The van der Waals surface area contributed by atoms with Gasteiger partial charge in [-0.3, -0.25) is 0 Å². The van der Waals surface area contributed by atoms with Crippen molar-refractivity contribution in [2.75, 3.05) is 14.2 Å². The van der Waals surface area contributed by atoms with Crippen LogP contribution in [0.5, 0.6) is 5.75 Å². The van der Waals surface area contributed by atoms with E-state index < -0.39 is 24.3 Å². The standard InChI is InChI=1S/C12H13F6NO/c1-19-9(7-4-3-5-8(6-7)20-2)10(11(13,14)15)12(16,17)18/h3-6,9-10,19H,1-2H3. The van der Waals surface area contributed by atoms with E-state index in [0.29, 0.717) is 0 Å². The lowest BCUT2D eigenvalue weighted by Gasteiger charge is -2.30. The molecule has 0 bridgehead atoms. The van der Waals surface area contributed by atoms with E-state index in [0.717, 1.165) is 13.1 Å². The number of methoxy groups -OCH3 is 1. The Hall–Kier alpha value is -1.44. The van der Waals surface area contributed by atoms with Crippen LogP contribution in [0.25, 0.3) is 0 Å². The fourth-order valence-corrected chi connectivity index (χ4v) is 1.92. The molecule has 0 aliphatic carbocycles. The summed E-state index contributed by atoms with van der Waals surface area (Å²) >= 11 is 0. The second-order valence-corrected chi connectivity index (χ2v) is 4.10. The zero-order chi connectivity index (χ0) is 15.6. The van der Waals surface area contributed by atoms with E-state index >= 15 is 0 Å². The third-order valence-corrected chi connectivity index (χ3v) is 2.80. The summed E-state index contributed by atoms with van der Waals surface area (Å²) in [5.41, 5.74) is -0.147. The summed E-state index contributed by atoms with van der Waals surface area (Å²) in [6.45, 7) is 0. The molecular formula is C12H13F6NO. The molecule has 1 N–H and O–H groups in total. The Morgan fingerprint density at radius 1 is 1.05 bits per heavy atom. The summed E-state index contributed by atoms with van der Waals surface area (Å²) in [7, 11) is 2.33. The van der Waals surface area contributed by atoms with Crippen LogP contribution in [-0.2, 0) is 0 Å². The molecule has 8 heteroatoms. The number of nitrogens with one attached hydrogen (secondary N) is 1. The smallest absolute Gasteiger partial charge is 0.402 e. The van der Waals surface area contributed by atoms with Gasteiger partial charge in [0.15, 0.2) is 5.92 Å². The average molecular weight is 301 g/mol. The Bertz CT molecular complexity index is 428. The van der Waals surface area contributed by atoms with Crippen LogP contribution < -0.4 is 10.1 Å². The van der Waals surface area contributed by atoms with Gasteiger partial charge in [0.25, 0.3) is 0 Å². The highest BCUT2D eigenvalue weighted by atomic mass is 19.4. The fraction of sp³-hybridized carbons (Fsp3) is 0.500. The molecule has 1 aromatic carbocycles. The van der Waals surface area contributed by atoms with Crippen LogP contribution >= 0.6 is 0 Å². The molecule has 0 saturated carbocycles. The van der Waals surface area contributed by atoms with Gasteiger partial charge in [0, 0.05) is 0 Å². The number of halogens is 6. The van der Waals surface area contributed by atoms with Crippen molar-refractivity contribution in [3.8, 4) is 5.75 Å². The molecule has 1 rings (SSSR count). The molecule has 0 aliphatic rings. The fourth-order valence-electron chi connectivity index (χ4n) is 1.92. The van der Waals surface area contributed by atoms with Gasteiger partial charge in [-0.15, -0.1) is 0 Å². The summed E-state index contributed by atoms with van der Waals surface area (Å²) in [5, 5.41) is 2.09. The van der Waals surface area contributed by atoms with Crippen molar-refractivity contribution < 1.29 is 31.1 Å². The quantitative estimate of drug-likeness (QED) is 0.856. The normalized spacial score (nSPS) is 14.4. The number of benzene rings is 1. The van der Waals surface area contributed by atoms with Gasteiger partial charge in [0.05, 0.1) is 13.2 Å². The highest BCUT2D eigenvalue weighted by Crippen LogP contribution is 2.46. The first-order valence-electron chi connectivity index (χ1n) is 5.56. The van der Waals surface area contributed by atoms with Gasteiger partial charge in [-0.1, -0.05) is 12.1 Å². The first kappa shape index (κ1) is 16.6.